The predicted octanol–water partition coefficient (Wildman–Crippen LogP) is 3.15. The van der Waals surface area contributed by atoms with Gasteiger partial charge in [0.05, 0.1) is 23.8 Å². The molecule has 30 heavy (non-hydrogen) atoms. The third-order valence-electron chi connectivity index (χ3n) is 6.54. The lowest BCUT2D eigenvalue weighted by molar-refractivity contribution is 0.288. The lowest BCUT2D eigenvalue weighted by Gasteiger charge is -2.32. The van der Waals surface area contributed by atoms with Gasteiger partial charge < -0.3 is 15.0 Å². The standard InChI is InChI=1S/C22H23N7O/c1-14-10-15-11-19(18-3-2-16(12-20(18)30)28-9-8-24-27-28)25-26-21(15)29(14)17-4-7-23-22(13-17)5-6-22/h2-3,8-12,17,23,30H,4-7,13H2,1H3. The molecule has 1 aliphatic carbocycles. The first-order valence-electron chi connectivity index (χ1n) is 10.4. The van der Waals surface area contributed by atoms with Gasteiger partial charge in [-0.25, -0.2) is 4.68 Å². The highest BCUT2D eigenvalue weighted by atomic mass is 16.3. The first-order chi connectivity index (χ1) is 14.6. The zero-order valence-electron chi connectivity index (χ0n) is 16.8. The first-order valence-corrected chi connectivity index (χ1v) is 10.4. The summed E-state index contributed by atoms with van der Waals surface area (Å²) in [6, 6.07) is 10.0. The minimum Gasteiger partial charge on any atom is -0.507 e. The summed E-state index contributed by atoms with van der Waals surface area (Å²) in [6.45, 7) is 3.20. The summed E-state index contributed by atoms with van der Waals surface area (Å²) in [5.41, 5.74) is 4.55. The fourth-order valence-corrected chi connectivity index (χ4v) is 4.85. The zero-order chi connectivity index (χ0) is 20.3. The molecule has 1 aliphatic heterocycles. The highest BCUT2D eigenvalue weighted by Gasteiger charge is 2.46. The highest BCUT2D eigenvalue weighted by Crippen LogP contribution is 2.46. The number of rotatable bonds is 3. The fraction of sp³-hybridized carbons (Fsp3) is 0.364. The van der Waals surface area contributed by atoms with Crippen molar-refractivity contribution in [2.45, 2.75) is 44.2 Å². The van der Waals surface area contributed by atoms with E-state index in [2.05, 4.69) is 43.4 Å². The molecule has 0 radical (unpaired) electrons. The molecule has 1 spiro atoms. The van der Waals surface area contributed by atoms with E-state index in [0.717, 1.165) is 36.1 Å². The molecule has 1 unspecified atom stereocenters. The molecular formula is C22H23N7O. The summed E-state index contributed by atoms with van der Waals surface area (Å²) in [5.74, 6) is 0.141. The van der Waals surface area contributed by atoms with Crippen molar-refractivity contribution in [2.75, 3.05) is 6.54 Å². The van der Waals surface area contributed by atoms with E-state index in [0.29, 0.717) is 22.8 Å². The second-order valence-corrected chi connectivity index (χ2v) is 8.57. The molecule has 8 heteroatoms. The van der Waals surface area contributed by atoms with Crippen LogP contribution in [0.4, 0.5) is 0 Å². The Kier molecular flexibility index (Phi) is 3.73. The van der Waals surface area contributed by atoms with Crippen molar-refractivity contribution < 1.29 is 5.11 Å². The van der Waals surface area contributed by atoms with Crippen molar-refractivity contribution in [3.05, 3.63) is 48.4 Å². The average Bonchev–Trinajstić information content (AvgIpc) is 3.16. The third-order valence-corrected chi connectivity index (χ3v) is 6.54. The van der Waals surface area contributed by atoms with Gasteiger partial charge in [0.2, 0.25) is 0 Å². The Bertz CT molecular complexity index is 1240. The molecule has 1 saturated heterocycles. The summed E-state index contributed by atoms with van der Waals surface area (Å²) in [6.07, 6.45) is 8.16. The van der Waals surface area contributed by atoms with Crippen LogP contribution in [0, 0.1) is 6.92 Å². The number of hydrogen-bond donors (Lipinski definition) is 2. The minimum absolute atomic E-state index is 0.141. The summed E-state index contributed by atoms with van der Waals surface area (Å²) in [5, 5.41) is 32.2. The number of hydrogen-bond acceptors (Lipinski definition) is 6. The Morgan fingerprint density at radius 3 is 2.83 bits per heavy atom. The molecule has 4 heterocycles. The van der Waals surface area contributed by atoms with Crippen molar-refractivity contribution in [1.82, 2.24) is 35.1 Å². The molecule has 4 aromatic rings. The van der Waals surface area contributed by atoms with Gasteiger partial charge in [-0.3, -0.25) is 0 Å². The van der Waals surface area contributed by atoms with Crippen LogP contribution in [0.3, 0.4) is 0 Å². The maximum atomic E-state index is 10.6. The molecule has 8 nitrogen and oxygen atoms in total. The number of phenolic OH excluding ortho intramolecular Hbond substituents is 1. The average molecular weight is 401 g/mol. The summed E-state index contributed by atoms with van der Waals surface area (Å²) in [4.78, 5) is 0. The zero-order valence-corrected chi connectivity index (χ0v) is 16.8. The van der Waals surface area contributed by atoms with Crippen LogP contribution in [0.2, 0.25) is 0 Å². The smallest absolute Gasteiger partial charge is 0.163 e. The molecule has 2 fully saturated rings. The Hall–Kier alpha value is -3.26. The lowest BCUT2D eigenvalue weighted by Crippen LogP contribution is -2.40. The van der Waals surface area contributed by atoms with Gasteiger partial charge in [0.15, 0.2) is 5.65 Å². The molecular weight excluding hydrogens is 378 g/mol. The third kappa shape index (κ3) is 2.79. The molecule has 3 aromatic heterocycles. The van der Waals surface area contributed by atoms with E-state index < -0.39 is 0 Å². The number of aromatic nitrogens is 6. The molecule has 0 amide bonds. The number of benzene rings is 1. The second kappa shape index (κ2) is 6.37. The van der Waals surface area contributed by atoms with Crippen LogP contribution in [0.15, 0.2) is 42.7 Å². The van der Waals surface area contributed by atoms with Gasteiger partial charge in [0.25, 0.3) is 0 Å². The number of piperidine rings is 1. The molecule has 0 bridgehead atoms. The summed E-state index contributed by atoms with van der Waals surface area (Å²) in [7, 11) is 0. The van der Waals surface area contributed by atoms with Crippen LogP contribution in [-0.2, 0) is 0 Å². The van der Waals surface area contributed by atoms with Crippen LogP contribution in [0.1, 0.15) is 37.4 Å². The summed E-state index contributed by atoms with van der Waals surface area (Å²) < 4.78 is 3.97. The molecule has 6 rings (SSSR count). The molecule has 152 valence electrons. The first kappa shape index (κ1) is 17.6. The van der Waals surface area contributed by atoms with Crippen LogP contribution in [0.5, 0.6) is 5.75 Å². The maximum absolute atomic E-state index is 10.6. The van der Waals surface area contributed by atoms with Crippen molar-refractivity contribution in [2.24, 2.45) is 0 Å². The van der Waals surface area contributed by atoms with E-state index in [1.807, 2.05) is 18.2 Å². The highest BCUT2D eigenvalue weighted by molar-refractivity contribution is 5.82. The van der Waals surface area contributed by atoms with Gasteiger partial charge >= 0.3 is 0 Å². The molecule has 2 aliphatic rings. The van der Waals surface area contributed by atoms with Crippen molar-refractivity contribution in [1.29, 1.82) is 0 Å². The van der Waals surface area contributed by atoms with Gasteiger partial charge in [0.1, 0.15) is 5.75 Å². The largest absolute Gasteiger partial charge is 0.507 e. The van der Waals surface area contributed by atoms with Gasteiger partial charge in [-0.1, -0.05) is 5.21 Å². The van der Waals surface area contributed by atoms with E-state index in [9.17, 15) is 5.11 Å². The Labute approximate surface area is 173 Å². The molecule has 1 aromatic carbocycles. The van der Waals surface area contributed by atoms with Crippen LogP contribution >= 0.6 is 0 Å². The number of phenols is 1. The minimum atomic E-state index is 0.141. The maximum Gasteiger partial charge on any atom is 0.163 e. The Balaban J connectivity index is 1.37. The van der Waals surface area contributed by atoms with E-state index in [-0.39, 0.29) is 5.75 Å². The van der Waals surface area contributed by atoms with Gasteiger partial charge in [-0.15, -0.1) is 15.3 Å². The normalized spacial score (nSPS) is 20.1. The number of aromatic hydroxyl groups is 1. The van der Waals surface area contributed by atoms with Crippen molar-refractivity contribution >= 4 is 11.0 Å². The van der Waals surface area contributed by atoms with Gasteiger partial charge in [-0.2, -0.15) is 0 Å². The summed E-state index contributed by atoms with van der Waals surface area (Å²) >= 11 is 0. The monoisotopic (exact) mass is 401 g/mol. The SMILES string of the molecule is Cc1cc2cc(-c3ccc(-n4ccnn4)cc3O)nnc2n1C1CCNC2(CC2)C1. The molecule has 1 atom stereocenters. The number of nitrogens with one attached hydrogen (secondary N) is 1. The van der Waals surface area contributed by atoms with Gasteiger partial charge in [-0.05, 0) is 63.4 Å². The Morgan fingerprint density at radius 1 is 1.17 bits per heavy atom. The Morgan fingerprint density at radius 2 is 2.07 bits per heavy atom. The number of nitrogens with zero attached hydrogens (tertiary/aromatic N) is 6. The topological polar surface area (TPSA) is 93.7 Å². The van der Waals surface area contributed by atoms with Gasteiger partial charge in [0, 0.05) is 34.3 Å². The number of fused-ring (bicyclic) bond motifs is 1. The van der Waals surface area contributed by atoms with Crippen LogP contribution in [-0.4, -0.2) is 46.9 Å². The van der Waals surface area contributed by atoms with E-state index in [4.69, 9.17) is 0 Å². The van der Waals surface area contributed by atoms with E-state index in [1.165, 1.54) is 18.5 Å². The fourth-order valence-electron chi connectivity index (χ4n) is 4.85. The molecule has 1 saturated carbocycles. The number of aryl methyl sites for hydroxylation is 1. The van der Waals surface area contributed by atoms with E-state index >= 15 is 0 Å². The molecule has 2 N–H and O–H groups in total. The van der Waals surface area contributed by atoms with Crippen LogP contribution < -0.4 is 5.32 Å². The van der Waals surface area contributed by atoms with Crippen LogP contribution in [0.25, 0.3) is 28.0 Å². The van der Waals surface area contributed by atoms with Crippen molar-refractivity contribution in [3.8, 4) is 22.7 Å². The van der Waals surface area contributed by atoms with Crippen molar-refractivity contribution in [3.63, 3.8) is 0 Å². The predicted molar refractivity (Wildman–Crippen MR) is 113 cm³/mol. The quantitative estimate of drug-likeness (QED) is 0.548. The second-order valence-electron chi connectivity index (χ2n) is 8.57. The van der Waals surface area contributed by atoms with E-state index in [1.54, 1.807) is 23.1 Å². The lowest BCUT2D eigenvalue weighted by atomic mass is 9.97.